The van der Waals surface area contributed by atoms with Gasteiger partial charge in [0.2, 0.25) is 0 Å². The number of para-hydroxylation sites is 1. The van der Waals surface area contributed by atoms with Crippen molar-refractivity contribution in [1.29, 1.82) is 0 Å². The van der Waals surface area contributed by atoms with Gasteiger partial charge in [0.25, 0.3) is 5.91 Å². The van der Waals surface area contributed by atoms with Crippen LogP contribution in [-0.2, 0) is 5.75 Å². The molecule has 0 bridgehead atoms. The van der Waals surface area contributed by atoms with Crippen LogP contribution in [0, 0.1) is 0 Å². The van der Waals surface area contributed by atoms with Gasteiger partial charge in [0, 0.05) is 21.9 Å². The van der Waals surface area contributed by atoms with Crippen LogP contribution in [0.15, 0.2) is 53.4 Å². The van der Waals surface area contributed by atoms with Crippen LogP contribution in [-0.4, -0.2) is 5.91 Å². The second kappa shape index (κ2) is 6.26. The Kier molecular flexibility index (Phi) is 4.43. The van der Waals surface area contributed by atoms with E-state index in [0.29, 0.717) is 11.3 Å². The van der Waals surface area contributed by atoms with Crippen LogP contribution in [0.2, 0.25) is 0 Å². The van der Waals surface area contributed by atoms with Gasteiger partial charge < -0.3 is 5.73 Å². The number of hydrazine groups is 1. The molecular formula is C14H15N3OS. The van der Waals surface area contributed by atoms with Gasteiger partial charge in [-0.2, -0.15) is 0 Å². The molecule has 0 fully saturated rings. The van der Waals surface area contributed by atoms with Gasteiger partial charge in [-0.1, -0.05) is 30.3 Å². The van der Waals surface area contributed by atoms with E-state index in [4.69, 9.17) is 11.6 Å². The number of anilines is 1. The molecule has 98 valence electrons. The third kappa shape index (κ3) is 3.27. The van der Waals surface area contributed by atoms with Gasteiger partial charge in [0.05, 0.1) is 0 Å². The molecule has 0 unspecified atom stereocenters. The van der Waals surface area contributed by atoms with Gasteiger partial charge in [-0.05, 0) is 23.8 Å². The zero-order chi connectivity index (χ0) is 13.7. The van der Waals surface area contributed by atoms with E-state index >= 15 is 0 Å². The third-order valence-electron chi connectivity index (χ3n) is 2.70. The SMILES string of the molecule is NNC(=O)c1ccccc1CSc1ccccc1N. The predicted octanol–water partition coefficient (Wildman–Crippen LogP) is 2.16. The van der Waals surface area contributed by atoms with Crippen LogP contribution in [0.3, 0.4) is 0 Å². The van der Waals surface area contributed by atoms with Crippen molar-refractivity contribution in [3.05, 3.63) is 59.7 Å². The van der Waals surface area contributed by atoms with E-state index in [1.165, 1.54) is 0 Å². The van der Waals surface area contributed by atoms with Crippen molar-refractivity contribution >= 4 is 23.4 Å². The molecule has 0 aromatic heterocycles. The Bertz CT molecular complexity index is 586. The molecule has 0 aliphatic carbocycles. The number of amides is 1. The van der Waals surface area contributed by atoms with Crippen LogP contribution in [0.25, 0.3) is 0 Å². The zero-order valence-electron chi connectivity index (χ0n) is 10.3. The van der Waals surface area contributed by atoms with Crippen molar-refractivity contribution in [2.24, 2.45) is 5.84 Å². The van der Waals surface area contributed by atoms with Crippen molar-refractivity contribution in [2.45, 2.75) is 10.6 Å². The average molecular weight is 273 g/mol. The highest BCUT2D eigenvalue weighted by atomic mass is 32.2. The van der Waals surface area contributed by atoms with Crippen molar-refractivity contribution in [2.75, 3.05) is 5.73 Å². The number of nitrogens with two attached hydrogens (primary N) is 2. The summed E-state index contributed by atoms with van der Waals surface area (Å²) in [5, 5.41) is 0. The van der Waals surface area contributed by atoms with Crippen LogP contribution in [0.4, 0.5) is 5.69 Å². The number of nitrogen functional groups attached to an aromatic ring is 2. The van der Waals surface area contributed by atoms with Gasteiger partial charge in [-0.3, -0.25) is 10.2 Å². The minimum absolute atomic E-state index is 0.280. The summed E-state index contributed by atoms with van der Waals surface area (Å²) in [5.74, 6) is 5.56. The molecule has 2 rings (SSSR count). The molecule has 0 heterocycles. The van der Waals surface area contributed by atoms with Crippen LogP contribution in [0.5, 0.6) is 0 Å². The molecule has 4 nitrogen and oxygen atoms in total. The lowest BCUT2D eigenvalue weighted by Crippen LogP contribution is -2.30. The number of nitrogens with one attached hydrogen (secondary N) is 1. The molecular weight excluding hydrogens is 258 g/mol. The highest BCUT2D eigenvalue weighted by Crippen LogP contribution is 2.28. The van der Waals surface area contributed by atoms with Crippen molar-refractivity contribution in [1.82, 2.24) is 5.43 Å². The average Bonchev–Trinajstić information content (AvgIpc) is 2.46. The Balaban J connectivity index is 2.16. The number of rotatable bonds is 4. The van der Waals surface area contributed by atoms with E-state index in [9.17, 15) is 4.79 Å². The fourth-order valence-electron chi connectivity index (χ4n) is 1.71. The minimum Gasteiger partial charge on any atom is -0.398 e. The molecule has 0 spiro atoms. The third-order valence-corrected chi connectivity index (χ3v) is 3.83. The van der Waals surface area contributed by atoms with E-state index in [0.717, 1.165) is 16.1 Å². The fraction of sp³-hybridized carbons (Fsp3) is 0.0714. The Morgan fingerprint density at radius 1 is 1.11 bits per heavy atom. The van der Waals surface area contributed by atoms with Gasteiger partial charge in [0.15, 0.2) is 0 Å². The second-order valence-corrected chi connectivity index (χ2v) is 4.97. The maximum Gasteiger partial charge on any atom is 0.265 e. The summed E-state index contributed by atoms with van der Waals surface area (Å²) in [4.78, 5) is 12.6. The lowest BCUT2D eigenvalue weighted by Gasteiger charge is -2.09. The van der Waals surface area contributed by atoms with Gasteiger partial charge >= 0.3 is 0 Å². The standard InChI is InChI=1S/C14H15N3OS/c15-12-7-3-4-8-13(12)19-9-10-5-1-2-6-11(10)14(18)17-16/h1-8H,9,15-16H2,(H,17,18). The Labute approximate surface area is 116 Å². The van der Waals surface area contributed by atoms with E-state index in [-0.39, 0.29) is 5.91 Å². The summed E-state index contributed by atoms with van der Waals surface area (Å²) < 4.78 is 0. The van der Waals surface area contributed by atoms with Crippen molar-refractivity contribution in [3.8, 4) is 0 Å². The quantitative estimate of drug-likeness (QED) is 0.262. The Morgan fingerprint density at radius 3 is 2.53 bits per heavy atom. The van der Waals surface area contributed by atoms with E-state index in [1.807, 2.05) is 42.5 Å². The molecule has 5 heteroatoms. The van der Waals surface area contributed by atoms with Crippen LogP contribution in [0.1, 0.15) is 15.9 Å². The predicted molar refractivity (Wildman–Crippen MR) is 78.5 cm³/mol. The molecule has 2 aromatic rings. The monoisotopic (exact) mass is 273 g/mol. The molecule has 19 heavy (non-hydrogen) atoms. The first-order valence-corrected chi connectivity index (χ1v) is 6.77. The first kappa shape index (κ1) is 13.5. The molecule has 1 amide bonds. The molecule has 0 saturated carbocycles. The maximum atomic E-state index is 11.6. The van der Waals surface area contributed by atoms with Crippen molar-refractivity contribution in [3.63, 3.8) is 0 Å². The minimum atomic E-state index is -0.280. The first-order chi connectivity index (χ1) is 9.22. The topological polar surface area (TPSA) is 81.1 Å². The largest absolute Gasteiger partial charge is 0.398 e. The highest BCUT2D eigenvalue weighted by molar-refractivity contribution is 7.98. The summed E-state index contributed by atoms with van der Waals surface area (Å²) in [6.07, 6.45) is 0. The molecule has 0 atom stereocenters. The fourth-order valence-corrected chi connectivity index (χ4v) is 2.69. The molecule has 0 aliphatic heterocycles. The summed E-state index contributed by atoms with van der Waals surface area (Å²) in [7, 11) is 0. The summed E-state index contributed by atoms with van der Waals surface area (Å²) in [5.41, 5.74) is 10.3. The van der Waals surface area contributed by atoms with Crippen LogP contribution >= 0.6 is 11.8 Å². The first-order valence-electron chi connectivity index (χ1n) is 5.78. The number of carbonyl (C=O) groups excluding carboxylic acids is 1. The van der Waals surface area contributed by atoms with Gasteiger partial charge in [-0.25, -0.2) is 5.84 Å². The Morgan fingerprint density at radius 2 is 1.79 bits per heavy atom. The number of carbonyl (C=O) groups is 1. The molecule has 0 saturated heterocycles. The highest BCUT2D eigenvalue weighted by Gasteiger charge is 2.10. The normalized spacial score (nSPS) is 10.2. The Hall–Kier alpha value is -1.98. The van der Waals surface area contributed by atoms with E-state index < -0.39 is 0 Å². The summed E-state index contributed by atoms with van der Waals surface area (Å²) in [6.45, 7) is 0. The number of hydrogen-bond acceptors (Lipinski definition) is 4. The smallest absolute Gasteiger partial charge is 0.265 e. The van der Waals surface area contributed by atoms with Crippen molar-refractivity contribution < 1.29 is 4.79 Å². The van der Waals surface area contributed by atoms with E-state index in [1.54, 1.807) is 17.8 Å². The maximum absolute atomic E-state index is 11.6. The number of benzene rings is 2. The summed E-state index contributed by atoms with van der Waals surface area (Å²) >= 11 is 1.60. The lowest BCUT2D eigenvalue weighted by molar-refractivity contribution is 0.0953. The van der Waals surface area contributed by atoms with Gasteiger partial charge in [-0.15, -0.1) is 11.8 Å². The van der Waals surface area contributed by atoms with E-state index in [2.05, 4.69) is 5.43 Å². The molecule has 0 radical (unpaired) electrons. The lowest BCUT2D eigenvalue weighted by atomic mass is 10.1. The number of hydrogen-bond donors (Lipinski definition) is 3. The molecule has 2 aromatic carbocycles. The van der Waals surface area contributed by atoms with Gasteiger partial charge in [0.1, 0.15) is 0 Å². The summed E-state index contributed by atoms with van der Waals surface area (Å²) in [6, 6.07) is 15.1. The van der Waals surface area contributed by atoms with Crippen LogP contribution < -0.4 is 17.0 Å². The molecule has 5 N–H and O–H groups in total. The second-order valence-electron chi connectivity index (χ2n) is 3.96. The zero-order valence-corrected chi connectivity index (χ0v) is 11.1. The molecule has 0 aliphatic rings. The number of thioether (sulfide) groups is 1.